The van der Waals surface area contributed by atoms with Gasteiger partial charge in [0.25, 0.3) is 0 Å². The molecule has 0 unspecified atom stereocenters. The molecule has 2 rings (SSSR count). The van der Waals surface area contributed by atoms with E-state index >= 15 is 0 Å². The Morgan fingerprint density at radius 2 is 1.95 bits per heavy atom. The summed E-state index contributed by atoms with van der Waals surface area (Å²) in [5.41, 5.74) is 0.910. The van der Waals surface area contributed by atoms with Gasteiger partial charge >= 0.3 is 0 Å². The summed E-state index contributed by atoms with van der Waals surface area (Å²) < 4.78 is 28.4. The van der Waals surface area contributed by atoms with E-state index in [1.165, 1.54) is 11.3 Å². The lowest BCUT2D eigenvalue weighted by atomic mass is 10.2. The number of hydrogen-bond acceptors (Lipinski definition) is 4. The van der Waals surface area contributed by atoms with Crippen molar-refractivity contribution in [1.82, 2.24) is 10.0 Å². The Bertz CT molecular complexity index is 699. The fraction of sp³-hybridized carbons (Fsp3) is 0.286. The highest BCUT2D eigenvalue weighted by molar-refractivity contribution is 9.10. The number of benzene rings is 1. The van der Waals surface area contributed by atoms with Gasteiger partial charge in [0.15, 0.2) is 0 Å². The molecule has 7 heteroatoms. The number of likely N-dealkylation sites (N-methyl/N-ethyl adjacent to an activating group) is 1. The molecule has 0 aliphatic rings. The lowest BCUT2D eigenvalue weighted by molar-refractivity contribution is 0.583. The van der Waals surface area contributed by atoms with Crippen LogP contribution in [0.5, 0.6) is 0 Å². The Labute approximate surface area is 137 Å². The van der Waals surface area contributed by atoms with Gasteiger partial charge in [-0.2, -0.15) is 0 Å². The zero-order valence-corrected chi connectivity index (χ0v) is 14.8. The Kier molecular flexibility index (Phi) is 5.95. The maximum absolute atomic E-state index is 12.3. The minimum atomic E-state index is -3.45. The summed E-state index contributed by atoms with van der Waals surface area (Å²) >= 11 is 4.73. The molecule has 0 spiro atoms. The molecule has 0 saturated heterocycles. The van der Waals surface area contributed by atoms with E-state index < -0.39 is 10.0 Å². The van der Waals surface area contributed by atoms with E-state index in [9.17, 15) is 8.42 Å². The van der Waals surface area contributed by atoms with E-state index in [-0.39, 0.29) is 6.54 Å². The molecule has 0 atom stereocenters. The largest absolute Gasteiger partial charge is 0.319 e. The van der Waals surface area contributed by atoms with Crippen molar-refractivity contribution in [3.05, 3.63) is 51.3 Å². The van der Waals surface area contributed by atoms with Crippen LogP contribution in [-0.4, -0.2) is 22.0 Å². The molecular formula is C14H17BrN2O2S2. The fourth-order valence-electron chi connectivity index (χ4n) is 1.77. The van der Waals surface area contributed by atoms with Crippen molar-refractivity contribution in [2.75, 3.05) is 13.6 Å². The van der Waals surface area contributed by atoms with Crippen LogP contribution in [0.3, 0.4) is 0 Å². The first kappa shape index (κ1) is 16.6. The summed E-state index contributed by atoms with van der Waals surface area (Å²) in [5.74, 6) is 0. The van der Waals surface area contributed by atoms with Gasteiger partial charge in [0.2, 0.25) is 10.0 Å². The number of thiophene rings is 1. The summed E-state index contributed by atoms with van der Waals surface area (Å²) in [6, 6.07) is 11.1. The summed E-state index contributed by atoms with van der Waals surface area (Å²) in [5, 5.41) is 3.05. The molecule has 2 N–H and O–H groups in total. The average Bonchev–Trinajstić information content (AvgIpc) is 2.94. The van der Waals surface area contributed by atoms with Crippen molar-refractivity contribution in [1.29, 1.82) is 0 Å². The highest BCUT2D eigenvalue weighted by atomic mass is 79.9. The quantitative estimate of drug-likeness (QED) is 0.766. The second-order valence-corrected chi connectivity index (χ2v) is 8.51. The van der Waals surface area contributed by atoms with Crippen molar-refractivity contribution in [2.24, 2.45) is 0 Å². The number of halogens is 1. The predicted octanol–water partition coefficient (Wildman–Crippen LogP) is 2.75. The molecule has 0 fully saturated rings. The maximum atomic E-state index is 12.3. The first-order chi connectivity index (χ1) is 10.0. The molecule has 1 heterocycles. The lowest BCUT2D eigenvalue weighted by Crippen LogP contribution is -2.22. The minimum Gasteiger partial charge on any atom is -0.319 e. The molecule has 21 heavy (non-hydrogen) atoms. The van der Waals surface area contributed by atoms with Crippen LogP contribution in [0.25, 0.3) is 0 Å². The van der Waals surface area contributed by atoms with Gasteiger partial charge in [0.05, 0.1) is 0 Å². The van der Waals surface area contributed by atoms with Gasteiger partial charge in [-0.3, -0.25) is 0 Å². The van der Waals surface area contributed by atoms with Crippen molar-refractivity contribution in [3.63, 3.8) is 0 Å². The highest BCUT2D eigenvalue weighted by Gasteiger charge is 2.16. The first-order valence-electron chi connectivity index (χ1n) is 6.49. The van der Waals surface area contributed by atoms with E-state index in [0.29, 0.717) is 4.21 Å². The third-order valence-electron chi connectivity index (χ3n) is 2.93. The molecule has 0 bridgehead atoms. The van der Waals surface area contributed by atoms with Crippen LogP contribution in [-0.2, 0) is 23.0 Å². The smallest absolute Gasteiger partial charge is 0.250 e. The Balaban J connectivity index is 2.05. The molecule has 0 amide bonds. The van der Waals surface area contributed by atoms with Crippen molar-refractivity contribution in [3.8, 4) is 0 Å². The van der Waals surface area contributed by atoms with Crippen LogP contribution in [0.1, 0.15) is 10.4 Å². The first-order valence-corrected chi connectivity index (χ1v) is 9.58. The van der Waals surface area contributed by atoms with Crippen molar-refractivity contribution in [2.45, 2.75) is 17.2 Å². The fourth-order valence-corrected chi connectivity index (χ4v) is 4.60. The normalized spacial score (nSPS) is 11.7. The molecule has 0 radical (unpaired) electrons. The molecule has 1 aromatic heterocycles. The van der Waals surface area contributed by atoms with E-state index in [0.717, 1.165) is 27.9 Å². The zero-order chi connectivity index (χ0) is 15.3. The molecule has 114 valence electrons. The zero-order valence-electron chi connectivity index (χ0n) is 11.6. The summed E-state index contributed by atoms with van der Waals surface area (Å²) in [4.78, 5) is 1.06. The van der Waals surface area contributed by atoms with E-state index in [4.69, 9.17) is 0 Å². The predicted molar refractivity (Wildman–Crippen MR) is 90.1 cm³/mol. The van der Waals surface area contributed by atoms with Gasteiger partial charge in [0.1, 0.15) is 4.21 Å². The minimum absolute atomic E-state index is 0.271. The summed E-state index contributed by atoms with van der Waals surface area (Å²) in [7, 11) is -1.57. The van der Waals surface area contributed by atoms with Gasteiger partial charge < -0.3 is 5.32 Å². The molecular weight excluding hydrogens is 372 g/mol. The van der Waals surface area contributed by atoms with E-state index in [1.54, 1.807) is 6.07 Å². The summed E-state index contributed by atoms with van der Waals surface area (Å²) in [6.07, 6.45) is 0.834. The van der Waals surface area contributed by atoms with Crippen LogP contribution in [0.2, 0.25) is 0 Å². The van der Waals surface area contributed by atoms with Crippen LogP contribution >= 0.6 is 27.3 Å². The van der Waals surface area contributed by atoms with Gasteiger partial charge in [-0.1, -0.05) is 34.1 Å². The number of sulfonamides is 1. The topological polar surface area (TPSA) is 58.2 Å². The average molecular weight is 389 g/mol. The van der Waals surface area contributed by atoms with Gasteiger partial charge in [-0.15, -0.1) is 11.3 Å². The third-order valence-corrected chi connectivity index (χ3v) is 6.75. The second-order valence-electron chi connectivity index (χ2n) is 4.49. The molecule has 1 aromatic carbocycles. The third kappa shape index (κ3) is 4.62. The number of rotatable bonds is 7. The SMILES string of the molecule is CNCCc1ccc(S(=O)(=O)NCc2ccccc2Br)s1. The highest BCUT2D eigenvalue weighted by Crippen LogP contribution is 2.22. The van der Waals surface area contributed by atoms with E-state index in [2.05, 4.69) is 26.0 Å². The van der Waals surface area contributed by atoms with Crippen LogP contribution in [0, 0.1) is 0 Å². The molecule has 4 nitrogen and oxygen atoms in total. The molecule has 0 aliphatic carbocycles. The van der Waals surface area contributed by atoms with Gasteiger partial charge in [-0.05, 0) is 43.8 Å². The Hall–Kier alpha value is -0.730. The second kappa shape index (κ2) is 7.51. The van der Waals surface area contributed by atoms with Gasteiger partial charge in [-0.25, -0.2) is 13.1 Å². The van der Waals surface area contributed by atoms with Crippen molar-refractivity contribution < 1.29 is 8.42 Å². The standard InChI is InChI=1S/C14H17BrN2O2S2/c1-16-9-8-12-6-7-14(20-12)21(18,19)17-10-11-4-2-3-5-13(11)15/h2-7,16-17H,8-10H2,1H3. The molecule has 0 aliphatic heterocycles. The summed E-state index contributed by atoms with van der Waals surface area (Å²) in [6.45, 7) is 1.11. The molecule has 2 aromatic rings. The monoisotopic (exact) mass is 388 g/mol. The van der Waals surface area contributed by atoms with Gasteiger partial charge in [0, 0.05) is 15.9 Å². The van der Waals surface area contributed by atoms with Crippen molar-refractivity contribution >= 4 is 37.3 Å². The Morgan fingerprint density at radius 3 is 2.67 bits per heavy atom. The Morgan fingerprint density at radius 1 is 1.19 bits per heavy atom. The molecule has 0 saturated carbocycles. The van der Waals surface area contributed by atoms with Crippen LogP contribution < -0.4 is 10.0 Å². The number of hydrogen-bond donors (Lipinski definition) is 2. The number of nitrogens with one attached hydrogen (secondary N) is 2. The lowest BCUT2D eigenvalue weighted by Gasteiger charge is -2.06. The van der Waals surface area contributed by atoms with E-state index in [1.807, 2.05) is 37.4 Å². The van der Waals surface area contributed by atoms with Crippen LogP contribution in [0.4, 0.5) is 0 Å². The van der Waals surface area contributed by atoms with Crippen LogP contribution in [0.15, 0.2) is 45.1 Å². The maximum Gasteiger partial charge on any atom is 0.250 e.